The Morgan fingerprint density at radius 2 is 2.13 bits per heavy atom. The summed E-state index contributed by atoms with van der Waals surface area (Å²) in [5.41, 5.74) is 5.53. The first kappa shape index (κ1) is 14.6. The number of hydrogen-bond acceptors (Lipinski definition) is 4. The van der Waals surface area contributed by atoms with Crippen molar-refractivity contribution < 1.29 is 5.21 Å². The summed E-state index contributed by atoms with van der Waals surface area (Å²) in [6, 6.07) is 0.534. The van der Waals surface area contributed by atoms with Gasteiger partial charge in [-0.3, -0.25) is 0 Å². The second-order valence-electron chi connectivity index (χ2n) is 4.00. The Hall–Kier alpha value is -0.420. The topological polar surface area (TPSA) is 61.8 Å². The smallest absolute Gasteiger partial charge is 0.143 e. The van der Waals surface area contributed by atoms with Crippen LogP contribution in [-0.4, -0.2) is 47.6 Å². The van der Waals surface area contributed by atoms with Crippen LogP contribution >= 0.6 is 11.8 Å². The van der Waals surface area contributed by atoms with E-state index >= 15 is 0 Å². The van der Waals surface area contributed by atoms with Crippen LogP contribution in [0.3, 0.4) is 0 Å². The summed E-state index contributed by atoms with van der Waals surface area (Å²) < 4.78 is 0. The lowest BCUT2D eigenvalue weighted by Gasteiger charge is -2.26. The molecule has 15 heavy (non-hydrogen) atoms. The summed E-state index contributed by atoms with van der Waals surface area (Å²) in [7, 11) is 2.08. The molecule has 2 atom stereocenters. The first-order chi connectivity index (χ1) is 7.02. The van der Waals surface area contributed by atoms with Crippen molar-refractivity contribution in [1.29, 1.82) is 0 Å². The molecule has 2 unspecified atom stereocenters. The predicted octanol–water partition coefficient (Wildman–Crippen LogP) is 1.44. The second-order valence-corrected chi connectivity index (χ2v) is 4.98. The van der Waals surface area contributed by atoms with E-state index in [2.05, 4.69) is 30.3 Å². The van der Waals surface area contributed by atoms with E-state index in [0.29, 0.717) is 11.9 Å². The average Bonchev–Trinajstić information content (AvgIpc) is 2.24. The number of nitrogens with two attached hydrogens (primary N) is 1. The van der Waals surface area contributed by atoms with Crippen molar-refractivity contribution in [2.45, 2.75) is 26.3 Å². The minimum atomic E-state index is 0.0942. The number of amidine groups is 1. The van der Waals surface area contributed by atoms with E-state index in [-0.39, 0.29) is 5.92 Å². The number of oxime groups is 1. The molecular weight excluding hydrogens is 210 g/mol. The molecule has 0 spiro atoms. The summed E-state index contributed by atoms with van der Waals surface area (Å²) in [5, 5.41) is 11.6. The Kier molecular flexibility index (Phi) is 7.60. The standard InChI is InChI=1S/C10H23N3OS/c1-8(10(11)12-14)7-13(3)9(2)5-6-15-4/h8-9,14H,5-7H2,1-4H3,(H2,11,12). The van der Waals surface area contributed by atoms with Gasteiger partial charge in [-0.1, -0.05) is 12.1 Å². The van der Waals surface area contributed by atoms with Crippen molar-refractivity contribution in [2.24, 2.45) is 16.8 Å². The Balaban J connectivity index is 3.95. The van der Waals surface area contributed by atoms with Gasteiger partial charge in [0.2, 0.25) is 0 Å². The van der Waals surface area contributed by atoms with Crippen LogP contribution < -0.4 is 5.73 Å². The normalized spacial score (nSPS) is 16.7. The monoisotopic (exact) mass is 233 g/mol. The van der Waals surface area contributed by atoms with Gasteiger partial charge in [-0.05, 0) is 32.4 Å². The molecule has 0 bridgehead atoms. The molecule has 0 amide bonds. The largest absolute Gasteiger partial charge is 0.409 e. The van der Waals surface area contributed by atoms with Crippen LogP contribution in [0.5, 0.6) is 0 Å². The van der Waals surface area contributed by atoms with Crippen molar-refractivity contribution in [3.63, 3.8) is 0 Å². The van der Waals surface area contributed by atoms with Gasteiger partial charge in [0.15, 0.2) is 0 Å². The van der Waals surface area contributed by atoms with E-state index in [1.54, 1.807) is 0 Å². The molecule has 0 rings (SSSR count). The molecule has 0 aliphatic heterocycles. The summed E-state index contributed by atoms with van der Waals surface area (Å²) in [6.45, 7) is 4.99. The maximum atomic E-state index is 8.54. The molecule has 0 aromatic rings. The molecule has 0 heterocycles. The molecule has 0 aromatic carbocycles. The Morgan fingerprint density at radius 1 is 1.53 bits per heavy atom. The predicted molar refractivity (Wildman–Crippen MR) is 67.7 cm³/mol. The summed E-state index contributed by atoms with van der Waals surface area (Å²) in [5.74, 6) is 1.57. The third-order valence-corrected chi connectivity index (χ3v) is 3.32. The van der Waals surface area contributed by atoms with Crippen molar-refractivity contribution >= 4 is 17.6 Å². The van der Waals surface area contributed by atoms with Crippen LogP contribution in [-0.2, 0) is 0 Å². The molecule has 0 saturated heterocycles. The van der Waals surface area contributed by atoms with Gasteiger partial charge in [0.05, 0.1) is 0 Å². The number of rotatable bonds is 7. The lowest BCUT2D eigenvalue weighted by atomic mass is 10.1. The maximum Gasteiger partial charge on any atom is 0.143 e. The Morgan fingerprint density at radius 3 is 2.60 bits per heavy atom. The van der Waals surface area contributed by atoms with E-state index in [0.717, 1.165) is 6.54 Å². The molecule has 4 nitrogen and oxygen atoms in total. The van der Waals surface area contributed by atoms with Gasteiger partial charge in [-0.25, -0.2) is 0 Å². The minimum Gasteiger partial charge on any atom is -0.409 e. The SMILES string of the molecule is CSCCC(C)N(C)CC(C)C(N)=NO. The molecule has 90 valence electrons. The zero-order valence-corrected chi connectivity index (χ0v) is 10.9. The fourth-order valence-corrected chi connectivity index (χ4v) is 1.89. The molecule has 0 aliphatic rings. The minimum absolute atomic E-state index is 0.0942. The fourth-order valence-electron chi connectivity index (χ4n) is 1.31. The number of nitrogens with zero attached hydrogens (tertiary/aromatic N) is 2. The molecule has 0 fully saturated rings. The van der Waals surface area contributed by atoms with Gasteiger partial charge in [-0.2, -0.15) is 11.8 Å². The molecule has 3 N–H and O–H groups in total. The van der Waals surface area contributed by atoms with Crippen LogP contribution in [0.25, 0.3) is 0 Å². The highest BCUT2D eigenvalue weighted by atomic mass is 32.2. The Bertz CT molecular complexity index is 199. The van der Waals surface area contributed by atoms with Crippen molar-refractivity contribution in [3.05, 3.63) is 0 Å². The van der Waals surface area contributed by atoms with Gasteiger partial charge in [0, 0.05) is 18.5 Å². The maximum absolute atomic E-state index is 8.54. The fraction of sp³-hybridized carbons (Fsp3) is 0.900. The Labute approximate surface area is 96.9 Å². The second kappa shape index (κ2) is 7.82. The van der Waals surface area contributed by atoms with E-state index in [1.165, 1.54) is 12.2 Å². The third-order valence-electron chi connectivity index (χ3n) is 2.67. The van der Waals surface area contributed by atoms with E-state index < -0.39 is 0 Å². The zero-order chi connectivity index (χ0) is 11.8. The number of thioether (sulfide) groups is 1. The number of hydrogen-bond donors (Lipinski definition) is 2. The van der Waals surface area contributed by atoms with Gasteiger partial charge in [-0.15, -0.1) is 0 Å². The molecule has 0 saturated carbocycles. The average molecular weight is 233 g/mol. The third kappa shape index (κ3) is 5.89. The molecular formula is C10H23N3OS. The highest BCUT2D eigenvalue weighted by Crippen LogP contribution is 2.08. The highest BCUT2D eigenvalue weighted by Gasteiger charge is 2.14. The lowest BCUT2D eigenvalue weighted by Crippen LogP contribution is -2.37. The molecule has 0 aromatic heterocycles. The van der Waals surface area contributed by atoms with Crippen LogP contribution in [0.2, 0.25) is 0 Å². The highest BCUT2D eigenvalue weighted by molar-refractivity contribution is 7.98. The van der Waals surface area contributed by atoms with Crippen LogP contribution in [0.1, 0.15) is 20.3 Å². The molecule has 0 aliphatic carbocycles. The van der Waals surface area contributed by atoms with Crippen molar-refractivity contribution in [3.8, 4) is 0 Å². The van der Waals surface area contributed by atoms with Crippen LogP contribution in [0.4, 0.5) is 0 Å². The zero-order valence-electron chi connectivity index (χ0n) is 10.1. The van der Waals surface area contributed by atoms with Gasteiger partial charge in [0.25, 0.3) is 0 Å². The lowest BCUT2D eigenvalue weighted by molar-refractivity contribution is 0.236. The van der Waals surface area contributed by atoms with E-state index in [9.17, 15) is 0 Å². The summed E-state index contributed by atoms with van der Waals surface area (Å²) in [4.78, 5) is 2.25. The first-order valence-electron chi connectivity index (χ1n) is 5.19. The van der Waals surface area contributed by atoms with Crippen LogP contribution in [0.15, 0.2) is 5.16 Å². The molecule has 5 heteroatoms. The van der Waals surface area contributed by atoms with Gasteiger partial charge in [0.1, 0.15) is 5.84 Å². The van der Waals surface area contributed by atoms with Crippen molar-refractivity contribution in [2.75, 3.05) is 25.6 Å². The van der Waals surface area contributed by atoms with Crippen LogP contribution in [0, 0.1) is 5.92 Å². The quantitative estimate of drug-likeness (QED) is 0.302. The first-order valence-corrected chi connectivity index (χ1v) is 6.58. The van der Waals surface area contributed by atoms with Crippen molar-refractivity contribution in [1.82, 2.24) is 4.90 Å². The summed E-state index contributed by atoms with van der Waals surface area (Å²) >= 11 is 1.86. The van der Waals surface area contributed by atoms with E-state index in [1.807, 2.05) is 18.7 Å². The van der Waals surface area contributed by atoms with E-state index in [4.69, 9.17) is 10.9 Å². The van der Waals surface area contributed by atoms with Gasteiger partial charge >= 0.3 is 0 Å². The summed E-state index contributed by atoms with van der Waals surface area (Å²) in [6.07, 6.45) is 3.28. The molecule has 0 radical (unpaired) electrons. The van der Waals surface area contributed by atoms with Gasteiger partial charge < -0.3 is 15.8 Å².